The van der Waals surface area contributed by atoms with Crippen LogP contribution in [0.1, 0.15) is 21.6 Å². The first-order valence-electron chi connectivity index (χ1n) is 5.71. The molecule has 0 radical (unpaired) electrons. The molecular weight excluding hydrogens is 266 g/mol. The van der Waals surface area contributed by atoms with Gasteiger partial charge in [0, 0.05) is 18.1 Å². The molecule has 1 aromatic carbocycles. The Morgan fingerprint density at radius 2 is 2.11 bits per heavy atom. The Bertz CT molecular complexity index is 643. The number of carboxylic acids is 1. The molecule has 0 unspecified atom stereocenters. The van der Waals surface area contributed by atoms with Gasteiger partial charge >= 0.3 is 5.97 Å². The van der Waals surface area contributed by atoms with Crippen molar-refractivity contribution in [3.05, 3.63) is 52.4 Å². The van der Waals surface area contributed by atoms with Crippen molar-refractivity contribution in [2.24, 2.45) is 0 Å². The van der Waals surface area contributed by atoms with E-state index in [1.165, 1.54) is 12.4 Å². The second-order valence-corrected chi connectivity index (χ2v) is 4.71. The van der Waals surface area contributed by atoms with Crippen LogP contribution in [-0.2, 0) is 13.1 Å². The van der Waals surface area contributed by atoms with E-state index in [-0.39, 0.29) is 5.69 Å². The van der Waals surface area contributed by atoms with Crippen molar-refractivity contribution in [3.63, 3.8) is 0 Å². The van der Waals surface area contributed by atoms with Crippen LogP contribution in [-0.4, -0.2) is 21.0 Å². The molecule has 2 heterocycles. The molecule has 0 spiro atoms. The van der Waals surface area contributed by atoms with Crippen molar-refractivity contribution >= 4 is 23.4 Å². The minimum atomic E-state index is -1.08. The van der Waals surface area contributed by atoms with Crippen LogP contribution >= 0.6 is 11.6 Å². The summed E-state index contributed by atoms with van der Waals surface area (Å²) in [6.45, 7) is 1.37. The highest BCUT2D eigenvalue weighted by molar-refractivity contribution is 6.31. The molecule has 0 saturated carbocycles. The second-order valence-electron chi connectivity index (χ2n) is 4.30. The van der Waals surface area contributed by atoms with Crippen molar-refractivity contribution in [2.45, 2.75) is 13.1 Å². The summed E-state index contributed by atoms with van der Waals surface area (Å²) in [6.07, 6.45) is 2.74. The monoisotopic (exact) mass is 275 g/mol. The number of aromatic nitrogens is 2. The topological polar surface area (TPSA) is 66.3 Å². The number of aromatic carboxylic acids is 1. The van der Waals surface area contributed by atoms with E-state index in [1.807, 2.05) is 23.1 Å². The van der Waals surface area contributed by atoms with Gasteiger partial charge in [0.25, 0.3) is 0 Å². The standard InChI is InChI=1S/C13H10ClN3O2/c14-10-3-1-2-8-6-17(7-9(8)10)12-5-15-11(4-16-12)13(18)19/h1-5H,6-7H2,(H,18,19). The molecule has 3 rings (SSSR count). The van der Waals surface area contributed by atoms with Crippen LogP contribution in [0.3, 0.4) is 0 Å². The van der Waals surface area contributed by atoms with Gasteiger partial charge in [0.05, 0.1) is 12.4 Å². The van der Waals surface area contributed by atoms with E-state index in [2.05, 4.69) is 9.97 Å². The summed E-state index contributed by atoms with van der Waals surface area (Å²) in [6, 6.07) is 5.81. The third-order valence-corrected chi connectivity index (χ3v) is 3.46. The predicted molar refractivity (Wildman–Crippen MR) is 70.3 cm³/mol. The molecule has 2 aromatic rings. The summed E-state index contributed by atoms with van der Waals surface area (Å²) < 4.78 is 0. The van der Waals surface area contributed by atoms with Crippen molar-refractivity contribution in [3.8, 4) is 0 Å². The second kappa shape index (κ2) is 4.51. The summed E-state index contributed by atoms with van der Waals surface area (Å²) in [5.41, 5.74) is 2.20. The van der Waals surface area contributed by atoms with Gasteiger partial charge in [-0.1, -0.05) is 23.7 Å². The Balaban J connectivity index is 1.86. The van der Waals surface area contributed by atoms with Crippen LogP contribution in [0.2, 0.25) is 5.02 Å². The smallest absolute Gasteiger partial charge is 0.356 e. The molecule has 1 aliphatic heterocycles. The largest absolute Gasteiger partial charge is 0.476 e. The average molecular weight is 276 g/mol. The third-order valence-electron chi connectivity index (χ3n) is 3.11. The number of nitrogens with zero attached hydrogens (tertiary/aromatic N) is 3. The Morgan fingerprint density at radius 1 is 1.26 bits per heavy atom. The van der Waals surface area contributed by atoms with Crippen LogP contribution in [0.4, 0.5) is 5.82 Å². The number of benzene rings is 1. The zero-order valence-electron chi connectivity index (χ0n) is 9.88. The van der Waals surface area contributed by atoms with Crippen molar-refractivity contribution < 1.29 is 9.90 Å². The van der Waals surface area contributed by atoms with E-state index < -0.39 is 5.97 Å². The summed E-state index contributed by atoms with van der Waals surface area (Å²) in [7, 11) is 0. The molecule has 0 aliphatic carbocycles. The molecule has 19 heavy (non-hydrogen) atoms. The molecule has 1 aliphatic rings. The molecule has 0 amide bonds. The van der Waals surface area contributed by atoms with Gasteiger partial charge in [-0.2, -0.15) is 0 Å². The first-order chi connectivity index (χ1) is 9.15. The van der Waals surface area contributed by atoms with Crippen LogP contribution in [0.5, 0.6) is 0 Å². The first-order valence-corrected chi connectivity index (χ1v) is 6.09. The molecule has 0 saturated heterocycles. The maximum Gasteiger partial charge on any atom is 0.356 e. The molecule has 5 nitrogen and oxygen atoms in total. The van der Waals surface area contributed by atoms with E-state index >= 15 is 0 Å². The van der Waals surface area contributed by atoms with Crippen molar-refractivity contribution in [2.75, 3.05) is 4.90 Å². The first kappa shape index (κ1) is 11.9. The van der Waals surface area contributed by atoms with Gasteiger partial charge in [-0.05, 0) is 17.2 Å². The van der Waals surface area contributed by atoms with Crippen molar-refractivity contribution in [1.82, 2.24) is 9.97 Å². The minimum absolute atomic E-state index is 0.0570. The fraction of sp³-hybridized carbons (Fsp3) is 0.154. The zero-order valence-corrected chi connectivity index (χ0v) is 10.6. The molecule has 96 valence electrons. The summed E-state index contributed by atoms with van der Waals surface area (Å²) in [5, 5.41) is 9.53. The highest BCUT2D eigenvalue weighted by Crippen LogP contribution is 2.31. The van der Waals surface area contributed by atoms with E-state index in [0.717, 1.165) is 16.1 Å². The fourth-order valence-electron chi connectivity index (χ4n) is 2.14. The van der Waals surface area contributed by atoms with E-state index in [1.54, 1.807) is 0 Å². The van der Waals surface area contributed by atoms with Gasteiger partial charge in [0.15, 0.2) is 5.69 Å². The minimum Gasteiger partial charge on any atom is -0.476 e. The van der Waals surface area contributed by atoms with E-state index in [4.69, 9.17) is 16.7 Å². The lowest BCUT2D eigenvalue weighted by Gasteiger charge is -2.15. The number of anilines is 1. The lowest BCUT2D eigenvalue weighted by atomic mass is 10.1. The number of halogens is 1. The Kier molecular flexibility index (Phi) is 2.83. The number of fused-ring (bicyclic) bond motifs is 1. The molecule has 6 heteroatoms. The third kappa shape index (κ3) is 2.13. The number of carboxylic acid groups (broad SMARTS) is 1. The number of rotatable bonds is 2. The van der Waals surface area contributed by atoms with E-state index in [0.29, 0.717) is 18.9 Å². The fourth-order valence-corrected chi connectivity index (χ4v) is 2.39. The number of hydrogen-bond donors (Lipinski definition) is 1. The van der Waals surface area contributed by atoms with Crippen LogP contribution in [0, 0.1) is 0 Å². The van der Waals surface area contributed by atoms with Crippen LogP contribution < -0.4 is 4.90 Å². The normalized spacial score (nSPS) is 13.4. The van der Waals surface area contributed by atoms with Gasteiger partial charge in [0.2, 0.25) is 0 Å². The highest BCUT2D eigenvalue weighted by atomic mass is 35.5. The summed E-state index contributed by atoms with van der Waals surface area (Å²) in [4.78, 5) is 20.7. The SMILES string of the molecule is O=C(O)c1cnc(N2Cc3cccc(Cl)c3C2)cn1. The maximum absolute atomic E-state index is 10.7. The predicted octanol–water partition coefficient (Wildman–Crippen LogP) is 2.35. The van der Waals surface area contributed by atoms with Gasteiger partial charge in [-0.15, -0.1) is 0 Å². The molecule has 0 fully saturated rings. The molecule has 1 aromatic heterocycles. The Hall–Kier alpha value is -2.14. The van der Waals surface area contributed by atoms with Crippen LogP contribution in [0.25, 0.3) is 0 Å². The summed E-state index contributed by atoms with van der Waals surface area (Å²) >= 11 is 6.15. The Labute approximate surface area is 114 Å². The van der Waals surface area contributed by atoms with Crippen LogP contribution in [0.15, 0.2) is 30.6 Å². The van der Waals surface area contributed by atoms with Gasteiger partial charge in [-0.3, -0.25) is 0 Å². The Morgan fingerprint density at radius 3 is 2.74 bits per heavy atom. The maximum atomic E-state index is 10.7. The molecule has 1 N–H and O–H groups in total. The lowest BCUT2D eigenvalue weighted by molar-refractivity contribution is 0.0690. The highest BCUT2D eigenvalue weighted by Gasteiger charge is 2.22. The lowest BCUT2D eigenvalue weighted by Crippen LogP contribution is -2.17. The van der Waals surface area contributed by atoms with Gasteiger partial charge < -0.3 is 10.0 Å². The number of carbonyl (C=O) groups is 1. The zero-order chi connectivity index (χ0) is 13.4. The number of hydrogen-bond acceptors (Lipinski definition) is 4. The van der Waals surface area contributed by atoms with Gasteiger partial charge in [-0.25, -0.2) is 14.8 Å². The summed E-state index contributed by atoms with van der Waals surface area (Å²) in [5.74, 6) is -0.427. The van der Waals surface area contributed by atoms with Gasteiger partial charge in [0.1, 0.15) is 5.82 Å². The molecule has 0 bridgehead atoms. The van der Waals surface area contributed by atoms with Crippen molar-refractivity contribution in [1.29, 1.82) is 0 Å². The average Bonchev–Trinajstić information content (AvgIpc) is 2.84. The van der Waals surface area contributed by atoms with E-state index in [9.17, 15) is 4.79 Å². The molecule has 0 atom stereocenters. The quantitative estimate of drug-likeness (QED) is 0.911. The molecular formula is C13H10ClN3O2.